The number of anilines is 1. The van der Waals surface area contributed by atoms with E-state index >= 15 is 0 Å². The Morgan fingerprint density at radius 1 is 1.08 bits per heavy atom. The summed E-state index contributed by atoms with van der Waals surface area (Å²) in [6.07, 6.45) is -3.02. The number of rotatable bonds is 6. The molecule has 3 aromatic carbocycles. The summed E-state index contributed by atoms with van der Waals surface area (Å²) in [6.45, 7) is 1.11. The molecule has 0 aliphatic carbocycles. The normalized spacial score (nSPS) is 18.6. The largest absolute Gasteiger partial charge is 0.492 e. The number of halogens is 6. The van der Waals surface area contributed by atoms with Gasteiger partial charge in [0.15, 0.2) is 0 Å². The summed E-state index contributed by atoms with van der Waals surface area (Å²) in [4.78, 5) is 26.0. The van der Waals surface area contributed by atoms with E-state index in [0.717, 1.165) is 31.5 Å². The zero-order valence-electron chi connectivity index (χ0n) is 20.1. The van der Waals surface area contributed by atoms with Crippen LogP contribution in [0.3, 0.4) is 0 Å². The highest BCUT2D eigenvalue weighted by Gasteiger charge is 2.36. The highest BCUT2D eigenvalue weighted by Crippen LogP contribution is 2.42. The zero-order valence-corrected chi connectivity index (χ0v) is 20.9. The van der Waals surface area contributed by atoms with E-state index in [2.05, 4.69) is 16.0 Å². The summed E-state index contributed by atoms with van der Waals surface area (Å²) in [6, 6.07) is 7.02. The Bertz CT molecular complexity index is 1460. The van der Waals surface area contributed by atoms with Crippen LogP contribution < -0.4 is 20.7 Å². The van der Waals surface area contributed by atoms with E-state index in [-0.39, 0.29) is 51.9 Å². The lowest BCUT2D eigenvalue weighted by atomic mass is 9.95. The summed E-state index contributed by atoms with van der Waals surface area (Å²) in [5.41, 5.74) is -1.40. The predicted molar refractivity (Wildman–Crippen MR) is 133 cm³/mol. The van der Waals surface area contributed by atoms with Crippen molar-refractivity contribution in [2.75, 3.05) is 18.5 Å². The van der Waals surface area contributed by atoms with E-state index < -0.39 is 46.8 Å². The summed E-state index contributed by atoms with van der Waals surface area (Å²) in [7, 11) is 0. The monoisotopic (exact) mass is 565 g/mol. The van der Waals surface area contributed by atoms with Gasteiger partial charge in [-0.05, 0) is 61.9 Å². The number of hydrogen-bond donors (Lipinski definition) is 3. The fourth-order valence-corrected chi connectivity index (χ4v) is 4.96. The molecule has 204 valence electrons. The maximum Gasteiger partial charge on any atom is 0.416 e. The van der Waals surface area contributed by atoms with Gasteiger partial charge in [-0.15, -0.1) is 0 Å². The average molecular weight is 566 g/mol. The standard InChI is InChI=1S/C27H21ClF5N3O3/c28-21-4-3-15(29)9-19(21)24-23-20(26(38)36-24)10-18(39-12-17-2-1-5-34-17)11-22(23)35-25(37)13-6-14(27(31,32)33)8-16(30)7-13/h3-4,6-11,17,24,34H,1-2,5,12H2,(H,35,37)(H,36,38)/t17-,24?/m1/s1. The van der Waals surface area contributed by atoms with Gasteiger partial charge in [0.25, 0.3) is 11.8 Å². The van der Waals surface area contributed by atoms with E-state index in [9.17, 15) is 31.5 Å². The minimum atomic E-state index is -4.88. The fraction of sp³-hybridized carbons (Fsp3) is 0.259. The van der Waals surface area contributed by atoms with Crippen molar-refractivity contribution in [1.82, 2.24) is 10.6 Å². The van der Waals surface area contributed by atoms with E-state index in [4.69, 9.17) is 16.3 Å². The molecule has 2 aliphatic heterocycles. The second-order valence-corrected chi connectivity index (χ2v) is 9.70. The number of alkyl halides is 3. The van der Waals surface area contributed by atoms with Gasteiger partial charge in [-0.25, -0.2) is 8.78 Å². The molecule has 3 aromatic rings. The molecule has 2 atom stereocenters. The topological polar surface area (TPSA) is 79.5 Å². The van der Waals surface area contributed by atoms with Crippen molar-refractivity contribution in [3.05, 3.63) is 93.0 Å². The van der Waals surface area contributed by atoms with Crippen LogP contribution in [0.25, 0.3) is 0 Å². The van der Waals surface area contributed by atoms with Crippen LogP contribution in [-0.2, 0) is 6.18 Å². The van der Waals surface area contributed by atoms with Gasteiger partial charge >= 0.3 is 6.18 Å². The van der Waals surface area contributed by atoms with Gasteiger partial charge in [0.05, 0.1) is 22.9 Å². The highest BCUT2D eigenvalue weighted by molar-refractivity contribution is 6.31. The van der Waals surface area contributed by atoms with Crippen molar-refractivity contribution in [3.8, 4) is 5.75 Å². The number of carbonyl (C=O) groups excluding carboxylic acids is 2. The van der Waals surface area contributed by atoms with Crippen LogP contribution in [0, 0.1) is 11.6 Å². The molecule has 6 nitrogen and oxygen atoms in total. The molecule has 0 aromatic heterocycles. The molecule has 12 heteroatoms. The predicted octanol–water partition coefficient (Wildman–Crippen LogP) is 5.85. The minimum Gasteiger partial charge on any atom is -0.492 e. The van der Waals surface area contributed by atoms with Gasteiger partial charge in [0, 0.05) is 33.8 Å². The number of carbonyl (C=O) groups is 2. The maximum atomic E-state index is 14.1. The molecule has 5 rings (SSSR count). The lowest BCUT2D eigenvalue weighted by Crippen LogP contribution is -2.28. The molecular weight excluding hydrogens is 545 g/mol. The van der Waals surface area contributed by atoms with Crippen molar-refractivity contribution >= 4 is 29.1 Å². The molecule has 3 N–H and O–H groups in total. The van der Waals surface area contributed by atoms with E-state index in [1.807, 2.05) is 0 Å². The number of ether oxygens (including phenoxy) is 1. The first-order valence-corrected chi connectivity index (χ1v) is 12.4. The summed E-state index contributed by atoms with van der Waals surface area (Å²) in [5, 5.41) is 8.60. The molecule has 39 heavy (non-hydrogen) atoms. The van der Waals surface area contributed by atoms with Crippen molar-refractivity contribution < 1.29 is 36.3 Å². The van der Waals surface area contributed by atoms with Crippen LogP contribution >= 0.6 is 11.6 Å². The molecule has 1 fully saturated rings. The molecule has 1 saturated heterocycles. The summed E-state index contributed by atoms with van der Waals surface area (Å²) >= 11 is 6.29. The summed E-state index contributed by atoms with van der Waals surface area (Å²) < 4.78 is 73.6. The first kappa shape index (κ1) is 26.9. The number of nitrogens with one attached hydrogen (secondary N) is 3. The first-order valence-electron chi connectivity index (χ1n) is 12.0. The van der Waals surface area contributed by atoms with Gasteiger partial charge in [-0.3, -0.25) is 9.59 Å². The van der Waals surface area contributed by atoms with Gasteiger partial charge < -0.3 is 20.7 Å². The molecule has 0 saturated carbocycles. The van der Waals surface area contributed by atoms with Crippen LogP contribution in [0.4, 0.5) is 27.6 Å². The van der Waals surface area contributed by atoms with Crippen molar-refractivity contribution in [3.63, 3.8) is 0 Å². The van der Waals surface area contributed by atoms with E-state index in [0.29, 0.717) is 12.1 Å². The van der Waals surface area contributed by atoms with Gasteiger partial charge in [-0.1, -0.05) is 11.6 Å². The molecule has 2 amide bonds. The van der Waals surface area contributed by atoms with Crippen molar-refractivity contribution in [2.24, 2.45) is 0 Å². The lowest BCUT2D eigenvalue weighted by Gasteiger charge is -2.20. The van der Waals surface area contributed by atoms with Crippen molar-refractivity contribution in [2.45, 2.75) is 31.1 Å². The number of benzene rings is 3. The molecule has 0 radical (unpaired) electrons. The molecule has 1 unspecified atom stereocenters. The minimum absolute atomic E-state index is 0.00776. The third-order valence-electron chi connectivity index (χ3n) is 6.58. The zero-order chi connectivity index (χ0) is 27.9. The third kappa shape index (κ3) is 5.69. The van der Waals surface area contributed by atoms with Crippen LogP contribution in [0.1, 0.15) is 56.3 Å². The fourth-order valence-electron chi connectivity index (χ4n) is 4.74. The Morgan fingerprint density at radius 3 is 2.59 bits per heavy atom. The highest BCUT2D eigenvalue weighted by atomic mass is 35.5. The number of fused-ring (bicyclic) bond motifs is 1. The Morgan fingerprint density at radius 2 is 1.87 bits per heavy atom. The molecule has 2 heterocycles. The second kappa shape index (κ2) is 10.5. The van der Waals surface area contributed by atoms with Crippen LogP contribution in [-0.4, -0.2) is 31.0 Å². The SMILES string of the molecule is O=C(Nc1cc(OC[C@H]2CCCN2)cc2c1C(c1cc(F)ccc1Cl)NC2=O)c1cc(F)cc(C(F)(F)F)c1. The number of amides is 2. The Balaban J connectivity index is 1.56. The van der Waals surface area contributed by atoms with Gasteiger partial charge in [-0.2, -0.15) is 13.2 Å². The Hall–Kier alpha value is -3.70. The van der Waals surface area contributed by atoms with E-state index in [1.165, 1.54) is 18.2 Å². The Kier molecular flexibility index (Phi) is 7.21. The lowest BCUT2D eigenvalue weighted by molar-refractivity contribution is -0.137. The molecular formula is C27H21ClF5N3O3. The molecule has 2 aliphatic rings. The molecule has 0 bridgehead atoms. The Labute approximate surface area is 224 Å². The van der Waals surface area contributed by atoms with Crippen LogP contribution in [0.2, 0.25) is 5.02 Å². The van der Waals surface area contributed by atoms with Crippen LogP contribution in [0.15, 0.2) is 48.5 Å². The average Bonchev–Trinajstić information content (AvgIpc) is 3.51. The van der Waals surface area contributed by atoms with Gasteiger partial charge in [0.2, 0.25) is 0 Å². The second-order valence-electron chi connectivity index (χ2n) is 9.29. The van der Waals surface area contributed by atoms with Crippen molar-refractivity contribution in [1.29, 1.82) is 0 Å². The smallest absolute Gasteiger partial charge is 0.416 e. The van der Waals surface area contributed by atoms with Gasteiger partial charge in [0.1, 0.15) is 24.0 Å². The molecule has 0 spiro atoms. The summed E-state index contributed by atoms with van der Waals surface area (Å²) in [5.74, 6) is -3.26. The maximum absolute atomic E-state index is 14.1. The third-order valence-corrected chi connectivity index (χ3v) is 6.92. The van der Waals surface area contributed by atoms with E-state index in [1.54, 1.807) is 0 Å². The van der Waals surface area contributed by atoms with Crippen LogP contribution in [0.5, 0.6) is 5.75 Å². The first-order chi connectivity index (χ1) is 18.5. The number of hydrogen-bond acceptors (Lipinski definition) is 4. The quantitative estimate of drug-likeness (QED) is 0.328.